The predicted molar refractivity (Wildman–Crippen MR) is 95.0 cm³/mol. The molecule has 2 rings (SSSR count). The number of carbonyl (C=O) groups excluding carboxylic acids is 1. The zero-order valence-electron chi connectivity index (χ0n) is 13.1. The van der Waals surface area contributed by atoms with Gasteiger partial charge in [-0.15, -0.1) is 11.3 Å². The first-order valence-electron chi connectivity index (χ1n) is 7.01. The molecule has 7 nitrogen and oxygen atoms in total. The van der Waals surface area contributed by atoms with Crippen LogP contribution < -0.4 is 5.32 Å². The first kappa shape index (κ1) is 19.0. The second kappa shape index (κ2) is 8.15. The molecule has 3 N–H and O–H groups in total. The molecule has 0 saturated carbocycles. The number of benzene rings is 1. The lowest BCUT2D eigenvalue weighted by atomic mass is 9.94. The summed E-state index contributed by atoms with van der Waals surface area (Å²) >= 11 is 1.99. The lowest BCUT2D eigenvalue weighted by molar-refractivity contribution is -0.170. The van der Waals surface area contributed by atoms with E-state index in [1.807, 2.05) is 0 Å². The fraction of sp³-hybridized carbons (Fsp3) is 0.188. The van der Waals surface area contributed by atoms with Crippen LogP contribution in [0.5, 0.6) is 0 Å². The maximum atomic E-state index is 12.0. The molecule has 0 unspecified atom stereocenters. The van der Waals surface area contributed by atoms with Gasteiger partial charge in [-0.25, -0.2) is 9.59 Å². The molecule has 0 bridgehead atoms. The molecule has 0 fully saturated rings. The molecule has 25 heavy (non-hydrogen) atoms. The molecule has 9 heteroatoms. The van der Waals surface area contributed by atoms with E-state index in [1.54, 1.807) is 41.8 Å². The third kappa shape index (κ3) is 4.38. The van der Waals surface area contributed by atoms with E-state index in [1.165, 1.54) is 17.6 Å². The average molecular weight is 381 g/mol. The van der Waals surface area contributed by atoms with Crippen LogP contribution in [0.3, 0.4) is 0 Å². The Morgan fingerprint density at radius 3 is 2.28 bits per heavy atom. The van der Waals surface area contributed by atoms with Gasteiger partial charge in [0.1, 0.15) is 0 Å². The minimum atomic E-state index is -2.37. The molecule has 0 spiro atoms. The van der Waals surface area contributed by atoms with E-state index in [4.69, 9.17) is 4.18 Å². The number of anilines is 1. The van der Waals surface area contributed by atoms with Gasteiger partial charge in [0.2, 0.25) is 0 Å². The largest absolute Gasteiger partial charge is 0.479 e. The van der Waals surface area contributed by atoms with Gasteiger partial charge in [-0.2, -0.15) is 0 Å². The molecule has 2 aromatic rings. The van der Waals surface area contributed by atoms with Crippen molar-refractivity contribution in [3.05, 3.63) is 52.2 Å². The maximum absolute atomic E-state index is 12.0. The van der Waals surface area contributed by atoms with Crippen LogP contribution in [0.15, 0.2) is 41.8 Å². The zero-order chi connectivity index (χ0) is 18.4. The Bertz CT molecular complexity index is 743. The van der Waals surface area contributed by atoms with Gasteiger partial charge in [0.25, 0.3) is 11.5 Å². The first-order valence-corrected chi connectivity index (χ1v) is 9.04. The summed E-state index contributed by atoms with van der Waals surface area (Å²) < 4.78 is 4.95. The van der Waals surface area contributed by atoms with Crippen LogP contribution in [0.2, 0.25) is 0 Å². The number of hydrogen-bond acceptors (Lipinski definition) is 6. The number of carboxylic acid groups (broad SMARTS) is 2. The van der Waals surface area contributed by atoms with Gasteiger partial charge in [-0.3, -0.25) is 8.98 Å². The topological polar surface area (TPSA) is 113 Å². The highest BCUT2D eigenvalue weighted by molar-refractivity contribution is 7.94. The van der Waals surface area contributed by atoms with Gasteiger partial charge in [-0.1, -0.05) is 18.2 Å². The summed E-state index contributed by atoms with van der Waals surface area (Å²) in [4.78, 5) is 35.4. The lowest BCUT2D eigenvalue weighted by Crippen LogP contribution is -2.49. The normalized spacial score (nSPS) is 11.1. The molecule has 0 aliphatic rings. The van der Waals surface area contributed by atoms with E-state index in [0.717, 1.165) is 0 Å². The quantitative estimate of drug-likeness (QED) is 0.476. The Morgan fingerprint density at radius 1 is 1.16 bits per heavy atom. The van der Waals surface area contributed by atoms with Crippen LogP contribution in [0.1, 0.15) is 15.2 Å². The average Bonchev–Trinajstić information content (AvgIpc) is 3.10. The van der Waals surface area contributed by atoms with Crippen molar-refractivity contribution in [2.75, 3.05) is 11.6 Å². The third-order valence-corrected chi connectivity index (χ3v) is 4.65. The zero-order valence-corrected chi connectivity index (χ0v) is 14.7. The standard InChI is InChI=1S/C16H15NO6S2/c1-24-23-16(14(19)20,15(21)22)9-10-4-6-11(7-5-10)17-13(18)12-3-2-8-25-12/h2-8H,9H2,1H3,(H,17,18)(H,19,20)(H,21,22). The number of thiophene rings is 1. The summed E-state index contributed by atoms with van der Waals surface area (Å²) in [7, 11) is 0. The minimum Gasteiger partial charge on any atom is -0.479 e. The lowest BCUT2D eigenvalue weighted by Gasteiger charge is -2.23. The van der Waals surface area contributed by atoms with Crippen molar-refractivity contribution in [1.29, 1.82) is 0 Å². The highest BCUT2D eigenvalue weighted by atomic mass is 32.2. The Kier molecular flexibility index (Phi) is 6.18. The summed E-state index contributed by atoms with van der Waals surface area (Å²) in [5.74, 6) is -3.41. The third-order valence-electron chi connectivity index (χ3n) is 3.33. The molecule has 1 aromatic heterocycles. The smallest absolute Gasteiger partial charge is 0.349 e. The van der Waals surface area contributed by atoms with Gasteiger partial charge in [0, 0.05) is 18.4 Å². The van der Waals surface area contributed by atoms with Crippen LogP contribution in [-0.2, 0) is 20.2 Å². The number of aliphatic carboxylic acids is 2. The van der Waals surface area contributed by atoms with Crippen molar-refractivity contribution < 1.29 is 28.8 Å². The monoisotopic (exact) mass is 381 g/mol. The van der Waals surface area contributed by atoms with E-state index in [9.17, 15) is 24.6 Å². The van der Waals surface area contributed by atoms with Crippen LogP contribution in [0.4, 0.5) is 5.69 Å². The fourth-order valence-corrected chi connectivity index (χ4v) is 3.18. The highest BCUT2D eigenvalue weighted by Gasteiger charge is 2.48. The molecular formula is C16H15NO6S2. The molecule has 132 valence electrons. The number of carbonyl (C=O) groups is 3. The van der Waals surface area contributed by atoms with Gasteiger partial charge < -0.3 is 15.5 Å². The Labute approximate surface area is 151 Å². The Hall–Kier alpha value is -2.36. The van der Waals surface area contributed by atoms with E-state index < -0.39 is 17.5 Å². The van der Waals surface area contributed by atoms with Crippen molar-refractivity contribution in [2.24, 2.45) is 0 Å². The summed E-state index contributed by atoms with van der Waals surface area (Å²) in [5.41, 5.74) is -1.40. The maximum Gasteiger partial charge on any atom is 0.349 e. The minimum absolute atomic E-state index is 0.251. The van der Waals surface area contributed by atoms with Crippen LogP contribution in [0.25, 0.3) is 0 Å². The summed E-state index contributed by atoms with van der Waals surface area (Å²) in [6.45, 7) is 0. The van der Waals surface area contributed by atoms with Gasteiger partial charge in [-0.05, 0) is 41.2 Å². The summed E-state index contributed by atoms with van der Waals surface area (Å²) in [6.07, 6.45) is 1.10. The van der Waals surface area contributed by atoms with E-state index in [-0.39, 0.29) is 12.3 Å². The van der Waals surface area contributed by atoms with Crippen LogP contribution in [0, 0.1) is 0 Å². The van der Waals surface area contributed by atoms with Crippen molar-refractivity contribution >= 4 is 46.9 Å². The molecule has 0 radical (unpaired) electrons. The molecule has 0 aliphatic carbocycles. The summed E-state index contributed by atoms with van der Waals surface area (Å²) in [5, 5.41) is 23.1. The van der Waals surface area contributed by atoms with Crippen molar-refractivity contribution in [1.82, 2.24) is 0 Å². The van der Waals surface area contributed by atoms with Crippen LogP contribution >= 0.6 is 23.4 Å². The number of nitrogens with one attached hydrogen (secondary N) is 1. The predicted octanol–water partition coefficient (Wildman–Crippen LogP) is 2.75. The van der Waals surface area contributed by atoms with E-state index in [2.05, 4.69) is 5.32 Å². The molecule has 1 amide bonds. The number of carboxylic acids is 2. The molecule has 1 heterocycles. The second-order valence-corrected chi connectivity index (χ2v) is 6.44. The number of amides is 1. The molecule has 0 atom stereocenters. The van der Waals surface area contributed by atoms with Crippen molar-refractivity contribution in [2.45, 2.75) is 12.0 Å². The van der Waals surface area contributed by atoms with Gasteiger partial charge in [0.15, 0.2) is 0 Å². The van der Waals surface area contributed by atoms with Crippen molar-refractivity contribution in [3.63, 3.8) is 0 Å². The first-order chi connectivity index (χ1) is 11.9. The Morgan fingerprint density at radius 2 is 1.80 bits per heavy atom. The van der Waals surface area contributed by atoms with Crippen LogP contribution in [-0.4, -0.2) is 39.9 Å². The molecule has 0 saturated heterocycles. The summed E-state index contributed by atoms with van der Waals surface area (Å²) in [6, 6.07) is 9.72. The molecular weight excluding hydrogens is 366 g/mol. The Balaban J connectivity index is 2.14. The van der Waals surface area contributed by atoms with Gasteiger partial charge in [0.05, 0.1) is 4.88 Å². The molecule has 1 aromatic carbocycles. The molecule has 0 aliphatic heterocycles. The highest BCUT2D eigenvalue weighted by Crippen LogP contribution is 2.25. The fourth-order valence-electron chi connectivity index (χ4n) is 2.08. The second-order valence-electron chi connectivity index (χ2n) is 4.99. The number of hydrogen-bond donors (Lipinski definition) is 3. The van der Waals surface area contributed by atoms with Gasteiger partial charge >= 0.3 is 11.9 Å². The van der Waals surface area contributed by atoms with Crippen molar-refractivity contribution in [3.8, 4) is 0 Å². The number of rotatable bonds is 8. The van der Waals surface area contributed by atoms with E-state index in [0.29, 0.717) is 28.2 Å². The van der Waals surface area contributed by atoms with E-state index >= 15 is 0 Å². The SMILES string of the molecule is CSOC(Cc1ccc(NC(=O)c2cccs2)cc1)(C(=O)O)C(=O)O.